The quantitative estimate of drug-likeness (QED) is 0.841. The predicted octanol–water partition coefficient (Wildman–Crippen LogP) is 3.80. The number of rotatable bonds is 3. The molecule has 2 aliphatic rings. The fourth-order valence-electron chi connectivity index (χ4n) is 3.21. The Morgan fingerprint density at radius 2 is 2.26 bits per heavy atom. The third-order valence-electron chi connectivity index (χ3n) is 4.48. The van der Waals surface area contributed by atoms with E-state index in [0.717, 1.165) is 37.9 Å². The molecule has 2 nitrogen and oxygen atoms in total. The molecule has 2 fully saturated rings. The van der Waals surface area contributed by atoms with Crippen molar-refractivity contribution < 1.29 is 9.53 Å². The van der Waals surface area contributed by atoms with Gasteiger partial charge in [-0.05, 0) is 49.8 Å². The molecule has 1 heterocycles. The molecule has 0 aromatic heterocycles. The number of ketones is 1. The van der Waals surface area contributed by atoms with Crippen molar-refractivity contribution in [3.8, 4) is 0 Å². The zero-order valence-corrected chi connectivity index (χ0v) is 11.8. The van der Waals surface area contributed by atoms with Crippen molar-refractivity contribution in [2.45, 2.75) is 44.1 Å². The maximum Gasteiger partial charge on any atom is 0.140 e. The molecule has 3 heteroatoms. The molecule has 1 saturated carbocycles. The number of hydrogen-bond acceptors (Lipinski definition) is 2. The van der Waals surface area contributed by atoms with E-state index in [2.05, 4.69) is 0 Å². The summed E-state index contributed by atoms with van der Waals surface area (Å²) in [5.41, 5.74) is 1.07. The van der Waals surface area contributed by atoms with Crippen LogP contribution in [0.2, 0.25) is 5.02 Å². The normalized spacial score (nSPS) is 25.0. The van der Waals surface area contributed by atoms with E-state index in [1.54, 1.807) is 0 Å². The Labute approximate surface area is 119 Å². The van der Waals surface area contributed by atoms with E-state index in [-0.39, 0.29) is 11.5 Å². The minimum absolute atomic E-state index is 0.0485. The van der Waals surface area contributed by atoms with Gasteiger partial charge in [-0.15, -0.1) is 0 Å². The SMILES string of the molecule is O=C(Cc1cccc(Cl)c1)C1CCOC2(CCC2)C1. The van der Waals surface area contributed by atoms with E-state index in [1.165, 1.54) is 6.42 Å². The Bertz CT molecular complexity index is 479. The summed E-state index contributed by atoms with van der Waals surface area (Å²) in [6.45, 7) is 0.742. The zero-order valence-electron chi connectivity index (χ0n) is 11.0. The van der Waals surface area contributed by atoms with Gasteiger partial charge in [0.2, 0.25) is 0 Å². The number of carbonyl (C=O) groups is 1. The van der Waals surface area contributed by atoms with Gasteiger partial charge in [0, 0.05) is 24.0 Å². The summed E-state index contributed by atoms with van der Waals surface area (Å²) in [4.78, 5) is 12.4. The molecule has 0 bridgehead atoms. The highest BCUT2D eigenvalue weighted by Gasteiger charge is 2.44. The van der Waals surface area contributed by atoms with Crippen molar-refractivity contribution in [1.82, 2.24) is 0 Å². The zero-order chi connectivity index (χ0) is 13.3. The molecule has 0 radical (unpaired) electrons. The first-order valence-corrected chi connectivity index (χ1v) is 7.46. The maximum atomic E-state index is 12.4. The molecular formula is C16H19ClO2. The number of benzene rings is 1. The van der Waals surface area contributed by atoms with Gasteiger partial charge in [0.15, 0.2) is 0 Å². The van der Waals surface area contributed by atoms with Crippen molar-refractivity contribution in [3.05, 3.63) is 34.9 Å². The van der Waals surface area contributed by atoms with Gasteiger partial charge < -0.3 is 4.74 Å². The van der Waals surface area contributed by atoms with Crippen LogP contribution in [0.5, 0.6) is 0 Å². The van der Waals surface area contributed by atoms with E-state index < -0.39 is 0 Å². The Morgan fingerprint density at radius 1 is 1.42 bits per heavy atom. The van der Waals surface area contributed by atoms with Crippen molar-refractivity contribution in [1.29, 1.82) is 0 Å². The lowest BCUT2D eigenvalue weighted by atomic mass is 9.71. The fourth-order valence-corrected chi connectivity index (χ4v) is 3.43. The topological polar surface area (TPSA) is 26.3 Å². The average Bonchev–Trinajstić information content (AvgIpc) is 2.37. The summed E-state index contributed by atoms with van der Waals surface area (Å²) in [6, 6.07) is 7.61. The molecule has 1 unspecified atom stereocenters. The van der Waals surface area contributed by atoms with Gasteiger partial charge in [0.1, 0.15) is 5.78 Å². The first kappa shape index (κ1) is 13.1. The first-order valence-electron chi connectivity index (χ1n) is 7.08. The van der Waals surface area contributed by atoms with Gasteiger partial charge in [-0.1, -0.05) is 23.7 Å². The molecule has 0 N–H and O–H groups in total. The van der Waals surface area contributed by atoms with Gasteiger partial charge in [0.05, 0.1) is 5.60 Å². The molecule has 1 atom stereocenters. The van der Waals surface area contributed by atoms with E-state index in [9.17, 15) is 4.79 Å². The van der Waals surface area contributed by atoms with Gasteiger partial charge >= 0.3 is 0 Å². The average molecular weight is 279 g/mol. The van der Waals surface area contributed by atoms with Crippen LogP contribution in [0.3, 0.4) is 0 Å². The third-order valence-corrected chi connectivity index (χ3v) is 4.72. The molecule has 19 heavy (non-hydrogen) atoms. The molecule has 0 amide bonds. The third kappa shape index (κ3) is 2.85. The minimum atomic E-state index is 0.0485. The van der Waals surface area contributed by atoms with E-state index >= 15 is 0 Å². The summed E-state index contributed by atoms with van der Waals surface area (Å²) in [5, 5.41) is 0.702. The van der Waals surface area contributed by atoms with Crippen LogP contribution in [0.4, 0.5) is 0 Å². The molecular weight excluding hydrogens is 260 g/mol. The van der Waals surface area contributed by atoms with Gasteiger partial charge in [-0.25, -0.2) is 0 Å². The highest BCUT2D eigenvalue weighted by Crippen LogP contribution is 2.44. The molecule has 1 spiro atoms. The summed E-state index contributed by atoms with van der Waals surface area (Å²) in [5.74, 6) is 0.518. The van der Waals surface area contributed by atoms with Crippen molar-refractivity contribution >= 4 is 17.4 Å². The van der Waals surface area contributed by atoms with Crippen molar-refractivity contribution in [2.24, 2.45) is 5.92 Å². The molecule has 1 aromatic carbocycles. The Morgan fingerprint density at radius 3 is 2.95 bits per heavy atom. The summed E-state index contributed by atoms with van der Waals surface area (Å²) in [6.07, 6.45) is 5.81. The number of halogens is 1. The van der Waals surface area contributed by atoms with E-state index in [0.29, 0.717) is 17.2 Å². The second-order valence-electron chi connectivity index (χ2n) is 5.85. The first-order chi connectivity index (χ1) is 9.17. The second-order valence-corrected chi connectivity index (χ2v) is 6.28. The Kier molecular flexibility index (Phi) is 3.64. The van der Waals surface area contributed by atoms with E-state index in [4.69, 9.17) is 16.3 Å². The van der Waals surface area contributed by atoms with Crippen LogP contribution < -0.4 is 0 Å². The molecule has 102 valence electrons. The van der Waals surface area contributed by atoms with Gasteiger partial charge in [0.25, 0.3) is 0 Å². The molecule has 1 aromatic rings. The molecule has 1 aliphatic heterocycles. The monoisotopic (exact) mass is 278 g/mol. The minimum Gasteiger partial charge on any atom is -0.375 e. The number of carbonyl (C=O) groups excluding carboxylic acids is 1. The Hall–Kier alpha value is -0.860. The standard InChI is InChI=1S/C16H19ClO2/c17-14-4-1-3-12(9-14)10-15(18)13-5-8-19-16(11-13)6-2-7-16/h1,3-4,9,13H,2,5-8,10-11H2. The Balaban J connectivity index is 1.63. The number of ether oxygens (including phenoxy) is 1. The lowest BCUT2D eigenvalue weighted by molar-refractivity contribution is -0.155. The van der Waals surface area contributed by atoms with Crippen LogP contribution in [0, 0.1) is 5.92 Å². The fraction of sp³-hybridized carbons (Fsp3) is 0.562. The smallest absolute Gasteiger partial charge is 0.140 e. The summed E-state index contributed by atoms with van der Waals surface area (Å²) >= 11 is 5.96. The lowest BCUT2D eigenvalue weighted by Gasteiger charge is -2.46. The van der Waals surface area contributed by atoms with Crippen LogP contribution in [0.1, 0.15) is 37.7 Å². The van der Waals surface area contributed by atoms with Crippen LogP contribution in [0.15, 0.2) is 24.3 Å². The second kappa shape index (κ2) is 5.26. The van der Waals surface area contributed by atoms with Gasteiger partial charge in [-0.3, -0.25) is 4.79 Å². The molecule has 1 aliphatic carbocycles. The van der Waals surface area contributed by atoms with Crippen LogP contribution in [-0.4, -0.2) is 18.0 Å². The largest absolute Gasteiger partial charge is 0.375 e. The van der Waals surface area contributed by atoms with E-state index in [1.807, 2.05) is 24.3 Å². The van der Waals surface area contributed by atoms with Gasteiger partial charge in [-0.2, -0.15) is 0 Å². The van der Waals surface area contributed by atoms with Crippen molar-refractivity contribution in [2.75, 3.05) is 6.61 Å². The number of hydrogen-bond donors (Lipinski definition) is 0. The predicted molar refractivity (Wildman–Crippen MR) is 75.4 cm³/mol. The highest BCUT2D eigenvalue weighted by molar-refractivity contribution is 6.30. The van der Waals surface area contributed by atoms with Crippen LogP contribution in [-0.2, 0) is 16.0 Å². The molecule has 3 rings (SSSR count). The summed E-state index contributed by atoms with van der Waals surface area (Å²) in [7, 11) is 0. The van der Waals surface area contributed by atoms with Crippen molar-refractivity contribution in [3.63, 3.8) is 0 Å². The number of Topliss-reactive ketones (excluding diaryl/α,β-unsaturated/α-hetero) is 1. The lowest BCUT2D eigenvalue weighted by Crippen LogP contribution is -2.47. The molecule has 1 saturated heterocycles. The maximum absolute atomic E-state index is 12.4. The highest BCUT2D eigenvalue weighted by atomic mass is 35.5. The summed E-state index contributed by atoms with van der Waals surface area (Å²) < 4.78 is 5.88. The van der Waals surface area contributed by atoms with Crippen LogP contribution >= 0.6 is 11.6 Å². The van der Waals surface area contributed by atoms with Crippen LogP contribution in [0.25, 0.3) is 0 Å².